The molecule has 1 rings (SSSR count). The Hall–Kier alpha value is -1.22. The van der Waals surface area contributed by atoms with Gasteiger partial charge in [0.2, 0.25) is 0 Å². The van der Waals surface area contributed by atoms with Crippen LogP contribution in [-0.2, 0) is 0 Å². The first kappa shape index (κ1) is 17.8. The molecule has 7 heteroatoms. The highest BCUT2D eigenvalue weighted by molar-refractivity contribution is 14.1. The third-order valence-corrected chi connectivity index (χ3v) is 4.03. The molecule has 0 unspecified atom stereocenters. The topological polar surface area (TPSA) is 66.7 Å². The van der Waals surface area contributed by atoms with Crippen molar-refractivity contribution >= 4 is 34.2 Å². The Kier molecular flexibility index (Phi) is 7.03. The smallest absolute Gasteiger partial charge is 0.270 e. The molecule has 0 aliphatic carbocycles. The maximum absolute atomic E-state index is 12.5. The molecular weight excluding hydrogens is 385 g/mol. The number of hydrogen-bond acceptors (Lipinski definition) is 4. The molecule has 0 saturated carbocycles. The van der Waals surface area contributed by atoms with Crippen molar-refractivity contribution in [2.45, 2.75) is 13.3 Å². The number of nitro groups is 1. The maximum atomic E-state index is 12.5. The van der Waals surface area contributed by atoms with Gasteiger partial charge in [-0.05, 0) is 62.6 Å². The summed E-state index contributed by atoms with van der Waals surface area (Å²) in [6.45, 7) is 4.05. The zero-order chi connectivity index (χ0) is 16.0. The maximum Gasteiger partial charge on any atom is 0.270 e. The fourth-order valence-corrected chi connectivity index (χ4v) is 2.51. The van der Waals surface area contributed by atoms with Crippen molar-refractivity contribution in [2.24, 2.45) is 0 Å². The highest BCUT2D eigenvalue weighted by Crippen LogP contribution is 2.21. The Morgan fingerprint density at radius 1 is 1.33 bits per heavy atom. The van der Waals surface area contributed by atoms with Gasteiger partial charge in [0, 0.05) is 28.8 Å². The molecule has 1 amide bonds. The number of halogens is 1. The minimum absolute atomic E-state index is 0.0527. The summed E-state index contributed by atoms with van der Waals surface area (Å²) in [7, 11) is 3.98. The summed E-state index contributed by atoms with van der Waals surface area (Å²) in [6.07, 6.45) is 0.873. The Labute approximate surface area is 138 Å². The van der Waals surface area contributed by atoms with Gasteiger partial charge in [-0.25, -0.2) is 0 Å². The zero-order valence-corrected chi connectivity index (χ0v) is 14.7. The summed E-state index contributed by atoms with van der Waals surface area (Å²) in [5.74, 6) is -0.149. The van der Waals surface area contributed by atoms with Gasteiger partial charge < -0.3 is 9.80 Å². The second-order valence-corrected chi connectivity index (χ2v) is 6.13. The first-order chi connectivity index (χ1) is 9.86. The minimum atomic E-state index is -0.477. The standard InChI is InChI=1S/C14H20IN3O3/c1-4-17(9-5-8-16(2)3)14(19)12-10-11(18(20)21)6-7-13(12)15/h6-7,10H,4-5,8-9H2,1-3H3. The van der Waals surface area contributed by atoms with Crippen LogP contribution in [0.1, 0.15) is 23.7 Å². The minimum Gasteiger partial charge on any atom is -0.339 e. The van der Waals surface area contributed by atoms with Gasteiger partial charge >= 0.3 is 0 Å². The first-order valence-electron chi connectivity index (χ1n) is 6.74. The molecule has 0 spiro atoms. The second-order valence-electron chi connectivity index (χ2n) is 4.96. The first-order valence-corrected chi connectivity index (χ1v) is 7.82. The molecular formula is C14H20IN3O3. The fourth-order valence-electron chi connectivity index (χ4n) is 1.94. The second kappa shape index (κ2) is 8.28. The van der Waals surface area contributed by atoms with E-state index in [1.807, 2.05) is 43.6 Å². The van der Waals surface area contributed by atoms with E-state index in [1.165, 1.54) is 12.1 Å². The zero-order valence-electron chi connectivity index (χ0n) is 12.5. The van der Waals surface area contributed by atoms with Crippen molar-refractivity contribution in [1.29, 1.82) is 0 Å². The Morgan fingerprint density at radius 3 is 2.52 bits per heavy atom. The quantitative estimate of drug-likeness (QED) is 0.398. The lowest BCUT2D eigenvalue weighted by atomic mass is 10.1. The summed E-state index contributed by atoms with van der Waals surface area (Å²) >= 11 is 2.04. The predicted octanol–water partition coefficient (Wildman–Crippen LogP) is 2.61. The van der Waals surface area contributed by atoms with Crippen LogP contribution in [0.4, 0.5) is 5.69 Å². The van der Waals surface area contributed by atoms with Gasteiger partial charge in [0.05, 0.1) is 10.5 Å². The average molecular weight is 405 g/mol. The number of non-ortho nitro benzene ring substituents is 1. The third-order valence-electron chi connectivity index (χ3n) is 3.09. The lowest BCUT2D eigenvalue weighted by Gasteiger charge is -2.22. The number of carbonyl (C=O) groups excluding carboxylic acids is 1. The predicted molar refractivity (Wildman–Crippen MR) is 90.6 cm³/mol. The van der Waals surface area contributed by atoms with E-state index in [0.717, 1.165) is 16.5 Å². The van der Waals surface area contributed by atoms with Crippen molar-refractivity contribution in [2.75, 3.05) is 33.7 Å². The van der Waals surface area contributed by atoms with Crippen LogP contribution in [0.3, 0.4) is 0 Å². The van der Waals surface area contributed by atoms with Gasteiger partial charge in [-0.1, -0.05) is 0 Å². The number of nitro benzene ring substituents is 1. The lowest BCUT2D eigenvalue weighted by molar-refractivity contribution is -0.384. The van der Waals surface area contributed by atoms with Crippen LogP contribution in [0, 0.1) is 13.7 Å². The van der Waals surface area contributed by atoms with Gasteiger partial charge in [-0.2, -0.15) is 0 Å². The molecule has 116 valence electrons. The number of amides is 1. The Morgan fingerprint density at radius 2 is 2.00 bits per heavy atom. The van der Waals surface area contributed by atoms with E-state index in [2.05, 4.69) is 4.90 Å². The van der Waals surface area contributed by atoms with Gasteiger partial charge in [0.25, 0.3) is 11.6 Å². The van der Waals surface area contributed by atoms with Gasteiger partial charge in [0.1, 0.15) is 0 Å². The molecule has 0 heterocycles. The van der Waals surface area contributed by atoms with Crippen molar-refractivity contribution in [3.8, 4) is 0 Å². The highest BCUT2D eigenvalue weighted by atomic mass is 127. The van der Waals surface area contributed by atoms with Crippen LogP contribution < -0.4 is 0 Å². The van der Waals surface area contributed by atoms with Crippen LogP contribution in [0.25, 0.3) is 0 Å². The largest absolute Gasteiger partial charge is 0.339 e. The van der Waals surface area contributed by atoms with E-state index in [-0.39, 0.29) is 11.6 Å². The molecule has 0 radical (unpaired) electrons. The van der Waals surface area contributed by atoms with E-state index in [9.17, 15) is 14.9 Å². The van der Waals surface area contributed by atoms with Crippen LogP contribution in [0.2, 0.25) is 0 Å². The van der Waals surface area contributed by atoms with Crippen molar-refractivity contribution in [1.82, 2.24) is 9.80 Å². The molecule has 1 aromatic carbocycles. The molecule has 6 nitrogen and oxygen atoms in total. The van der Waals surface area contributed by atoms with Gasteiger partial charge in [-0.3, -0.25) is 14.9 Å². The molecule has 0 saturated heterocycles. The molecule has 1 aromatic rings. The molecule has 21 heavy (non-hydrogen) atoms. The van der Waals surface area contributed by atoms with E-state index in [1.54, 1.807) is 11.0 Å². The number of hydrogen-bond donors (Lipinski definition) is 0. The number of rotatable bonds is 7. The van der Waals surface area contributed by atoms with Gasteiger partial charge in [0.15, 0.2) is 0 Å². The summed E-state index contributed by atoms with van der Waals surface area (Å²) in [5.41, 5.74) is 0.347. The van der Waals surface area contributed by atoms with E-state index >= 15 is 0 Å². The number of nitrogens with zero attached hydrogens (tertiary/aromatic N) is 3. The van der Waals surface area contributed by atoms with E-state index in [4.69, 9.17) is 0 Å². The molecule has 0 aromatic heterocycles. The highest BCUT2D eigenvalue weighted by Gasteiger charge is 2.19. The Bertz CT molecular complexity index is 520. The van der Waals surface area contributed by atoms with Crippen molar-refractivity contribution < 1.29 is 9.72 Å². The number of benzene rings is 1. The molecule has 0 fully saturated rings. The summed E-state index contributed by atoms with van der Waals surface area (Å²) in [5, 5.41) is 10.8. The van der Waals surface area contributed by atoms with Crippen molar-refractivity contribution in [3.05, 3.63) is 37.4 Å². The molecule has 0 N–H and O–H groups in total. The van der Waals surface area contributed by atoms with Gasteiger partial charge in [-0.15, -0.1) is 0 Å². The van der Waals surface area contributed by atoms with Crippen LogP contribution in [0.15, 0.2) is 18.2 Å². The monoisotopic (exact) mass is 405 g/mol. The van der Waals surface area contributed by atoms with E-state index < -0.39 is 4.92 Å². The van der Waals surface area contributed by atoms with Crippen molar-refractivity contribution in [3.63, 3.8) is 0 Å². The van der Waals surface area contributed by atoms with Crippen LogP contribution >= 0.6 is 22.6 Å². The summed E-state index contributed by atoms with van der Waals surface area (Å²) in [4.78, 5) is 26.7. The molecule has 0 bridgehead atoms. The van der Waals surface area contributed by atoms with Crippen LogP contribution in [0.5, 0.6) is 0 Å². The molecule has 0 atom stereocenters. The molecule has 0 aliphatic rings. The SMILES string of the molecule is CCN(CCCN(C)C)C(=O)c1cc([N+](=O)[O-])ccc1I. The lowest BCUT2D eigenvalue weighted by Crippen LogP contribution is -2.33. The Balaban J connectivity index is 2.89. The molecule has 0 aliphatic heterocycles. The summed E-state index contributed by atoms with van der Waals surface area (Å²) < 4.78 is 0.731. The number of carbonyl (C=O) groups is 1. The third kappa shape index (κ3) is 5.24. The normalized spacial score (nSPS) is 10.7. The van der Waals surface area contributed by atoms with E-state index in [0.29, 0.717) is 18.7 Å². The fraction of sp³-hybridized carbons (Fsp3) is 0.500. The summed E-state index contributed by atoms with van der Waals surface area (Å²) in [6, 6.07) is 4.39. The average Bonchev–Trinajstić information content (AvgIpc) is 2.43. The van der Waals surface area contributed by atoms with Crippen LogP contribution in [-0.4, -0.2) is 54.4 Å².